The van der Waals surface area contributed by atoms with Gasteiger partial charge >= 0.3 is 0 Å². The van der Waals surface area contributed by atoms with Gasteiger partial charge in [-0.25, -0.2) is 0 Å². The zero-order valence-electron chi connectivity index (χ0n) is 7.56. The second kappa shape index (κ2) is 3.78. The van der Waals surface area contributed by atoms with Crippen LogP contribution in [0.4, 0.5) is 0 Å². The highest BCUT2D eigenvalue weighted by Crippen LogP contribution is 2.15. The molecular formula is C9H9NO3S. The first-order chi connectivity index (χ1) is 6.45. The fourth-order valence-corrected chi connectivity index (χ4v) is 1.62. The Morgan fingerprint density at radius 1 is 1.50 bits per heavy atom. The summed E-state index contributed by atoms with van der Waals surface area (Å²) in [5, 5.41) is 8.48. The highest BCUT2D eigenvalue weighted by molar-refractivity contribution is 7.85. The average molecular weight is 211 g/mol. The maximum atomic E-state index is 10.8. The van der Waals surface area contributed by atoms with Crippen molar-refractivity contribution in [2.45, 2.75) is 18.2 Å². The first kappa shape index (κ1) is 10.7. The molecule has 0 unspecified atom stereocenters. The lowest BCUT2D eigenvalue weighted by molar-refractivity contribution is 0.483. The van der Waals surface area contributed by atoms with Crippen molar-refractivity contribution in [1.82, 2.24) is 0 Å². The quantitative estimate of drug-likeness (QED) is 0.748. The third-order valence-corrected chi connectivity index (χ3v) is 2.74. The van der Waals surface area contributed by atoms with Gasteiger partial charge in [-0.2, -0.15) is 13.7 Å². The van der Waals surface area contributed by atoms with Crippen molar-refractivity contribution in [3.63, 3.8) is 0 Å². The zero-order valence-corrected chi connectivity index (χ0v) is 8.37. The van der Waals surface area contributed by atoms with Crippen LogP contribution in [0.1, 0.15) is 11.1 Å². The summed E-state index contributed by atoms with van der Waals surface area (Å²) in [6.07, 6.45) is 0.134. The molecule has 14 heavy (non-hydrogen) atoms. The number of benzene rings is 1. The molecule has 0 aliphatic rings. The van der Waals surface area contributed by atoms with E-state index in [0.717, 1.165) is 5.56 Å². The Balaban J connectivity index is 3.28. The third kappa shape index (κ3) is 2.31. The van der Waals surface area contributed by atoms with Gasteiger partial charge in [0.25, 0.3) is 10.1 Å². The van der Waals surface area contributed by atoms with Crippen molar-refractivity contribution >= 4 is 10.1 Å². The molecule has 1 aromatic carbocycles. The third-order valence-electron chi connectivity index (χ3n) is 1.89. The molecule has 0 bridgehead atoms. The Labute approximate surface area is 82.5 Å². The van der Waals surface area contributed by atoms with Crippen LogP contribution in [-0.4, -0.2) is 13.0 Å². The largest absolute Gasteiger partial charge is 0.294 e. The summed E-state index contributed by atoms with van der Waals surface area (Å²) < 4.78 is 30.3. The van der Waals surface area contributed by atoms with Crippen molar-refractivity contribution < 1.29 is 13.0 Å². The topological polar surface area (TPSA) is 78.2 Å². The van der Waals surface area contributed by atoms with Gasteiger partial charge in [-0.05, 0) is 30.2 Å². The van der Waals surface area contributed by atoms with Crippen molar-refractivity contribution in [2.24, 2.45) is 0 Å². The molecule has 1 rings (SSSR count). The Kier molecular flexibility index (Phi) is 2.89. The van der Waals surface area contributed by atoms with Crippen molar-refractivity contribution in [2.75, 3.05) is 0 Å². The molecular weight excluding hydrogens is 202 g/mol. The van der Waals surface area contributed by atoms with Gasteiger partial charge in [-0.1, -0.05) is 6.07 Å². The lowest BCUT2D eigenvalue weighted by Crippen LogP contribution is -2.00. The highest BCUT2D eigenvalue weighted by Gasteiger charge is 2.10. The summed E-state index contributed by atoms with van der Waals surface area (Å²) in [5.41, 5.74) is 1.45. The fraction of sp³-hybridized carbons (Fsp3) is 0.222. The first-order valence-electron chi connectivity index (χ1n) is 3.89. The molecule has 0 heterocycles. The van der Waals surface area contributed by atoms with E-state index in [-0.39, 0.29) is 11.3 Å². The van der Waals surface area contributed by atoms with Gasteiger partial charge in [-0.3, -0.25) is 4.55 Å². The van der Waals surface area contributed by atoms with E-state index in [1.807, 2.05) is 6.07 Å². The normalized spacial score (nSPS) is 10.9. The maximum absolute atomic E-state index is 10.8. The molecule has 0 saturated heterocycles. The van der Waals surface area contributed by atoms with Crippen LogP contribution >= 0.6 is 0 Å². The molecule has 0 amide bonds. The zero-order chi connectivity index (χ0) is 10.8. The Morgan fingerprint density at radius 3 is 2.64 bits per heavy atom. The lowest BCUT2D eigenvalue weighted by Gasteiger charge is -2.03. The molecule has 0 saturated carbocycles. The van der Waals surface area contributed by atoms with Crippen LogP contribution in [0.3, 0.4) is 0 Å². The monoisotopic (exact) mass is 211 g/mol. The Hall–Kier alpha value is -1.38. The number of aryl methyl sites for hydroxylation is 1. The van der Waals surface area contributed by atoms with Gasteiger partial charge < -0.3 is 0 Å². The van der Waals surface area contributed by atoms with Gasteiger partial charge in [0.2, 0.25) is 0 Å². The van der Waals surface area contributed by atoms with Gasteiger partial charge in [0.1, 0.15) is 0 Å². The summed E-state index contributed by atoms with van der Waals surface area (Å²) in [4.78, 5) is -0.173. The minimum atomic E-state index is -4.17. The molecule has 0 atom stereocenters. The van der Waals surface area contributed by atoms with Crippen LogP contribution < -0.4 is 0 Å². The van der Waals surface area contributed by atoms with Gasteiger partial charge in [0.15, 0.2) is 0 Å². The van der Waals surface area contributed by atoms with Crippen molar-refractivity contribution in [1.29, 1.82) is 5.26 Å². The standard InChI is InChI=1S/C9H9NO3S/c1-7-2-3-9(14(11,12)13)6-8(7)4-5-10/h2-3,6H,4H2,1H3,(H,11,12,13). The van der Waals surface area contributed by atoms with E-state index in [1.165, 1.54) is 12.1 Å². The minimum absolute atomic E-state index is 0.134. The molecule has 4 nitrogen and oxygen atoms in total. The number of hydrogen-bond donors (Lipinski definition) is 1. The van der Waals surface area contributed by atoms with E-state index >= 15 is 0 Å². The molecule has 1 N–H and O–H groups in total. The second-order valence-electron chi connectivity index (χ2n) is 2.90. The predicted molar refractivity (Wildman–Crippen MR) is 50.3 cm³/mol. The molecule has 0 aliphatic carbocycles. The molecule has 0 aromatic heterocycles. The molecule has 5 heteroatoms. The fourth-order valence-electron chi connectivity index (χ4n) is 1.08. The van der Waals surface area contributed by atoms with Gasteiger partial charge in [0, 0.05) is 0 Å². The summed E-state index contributed by atoms with van der Waals surface area (Å²) >= 11 is 0. The predicted octanol–water partition coefficient (Wildman–Crippen LogP) is 1.31. The van der Waals surface area contributed by atoms with Crippen LogP contribution in [0.2, 0.25) is 0 Å². The smallest absolute Gasteiger partial charge is 0.282 e. The molecule has 0 spiro atoms. The van der Waals surface area contributed by atoms with Crippen LogP contribution in [-0.2, 0) is 16.5 Å². The van der Waals surface area contributed by atoms with E-state index in [0.29, 0.717) is 5.56 Å². The number of hydrogen-bond acceptors (Lipinski definition) is 3. The second-order valence-corrected chi connectivity index (χ2v) is 4.32. The molecule has 0 radical (unpaired) electrons. The summed E-state index contributed by atoms with van der Waals surface area (Å²) in [6.45, 7) is 1.78. The van der Waals surface area contributed by atoms with E-state index in [4.69, 9.17) is 9.81 Å². The molecule has 74 valence electrons. The highest BCUT2D eigenvalue weighted by atomic mass is 32.2. The number of nitrogens with zero attached hydrogens (tertiary/aromatic N) is 1. The SMILES string of the molecule is Cc1ccc(S(=O)(=O)O)cc1CC#N. The van der Waals surface area contributed by atoms with E-state index in [2.05, 4.69) is 0 Å². The molecule has 0 aliphatic heterocycles. The molecule has 1 aromatic rings. The Morgan fingerprint density at radius 2 is 2.14 bits per heavy atom. The molecule has 0 fully saturated rings. The first-order valence-corrected chi connectivity index (χ1v) is 5.33. The number of rotatable bonds is 2. The van der Waals surface area contributed by atoms with E-state index < -0.39 is 10.1 Å². The van der Waals surface area contributed by atoms with Crippen LogP contribution in [0.5, 0.6) is 0 Å². The maximum Gasteiger partial charge on any atom is 0.294 e. The van der Waals surface area contributed by atoms with Gasteiger partial charge in [-0.15, -0.1) is 0 Å². The summed E-state index contributed by atoms with van der Waals surface area (Å²) in [6, 6.07) is 6.12. The van der Waals surface area contributed by atoms with Crippen molar-refractivity contribution in [3.05, 3.63) is 29.3 Å². The summed E-state index contributed by atoms with van der Waals surface area (Å²) in [7, 11) is -4.17. The summed E-state index contributed by atoms with van der Waals surface area (Å²) in [5.74, 6) is 0. The van der Waals surface area contributed by atoms with E-state index in [9.17, 15) is 8.42 Å². The van der Waals surface area contributed by atoms with Crippen molar-refractivity contribution in [3.8, 4) is 6.07 Å². The van der Waals surface area contributed by atoms with Gasteiger partial charge in [0.05, 0.1) is 17.4 Å². The van der Waals surface area contributed by atoms with Crippen LogP contribution in [0.15, 0.2) is 23.1 Å². The minimum Gasteiger partial charge on any atom is -0.282 e. The van der Waals surface area contributed by atoms with Crippen LogP contribution in [0, 0.1) is 18.3 Å². The lowest BCUT2D eigenvalue weighted by atomic mass is 10.1. The Bertz CT molecular complexity index is 485. The number of nitriles is 1. The average Bonchev–Trinajstić information content (AvgIpc) is 2.07. The van der Waals surface area contributed by atoms with E-state index in [1.54, 1.807) is 13.0 Å². The van der Waals surface area contributed by atoms with Crippen LogP contribution in [0.25, 0.3) is 0 Å².